The van der Waals surface area contributed by atoms with E-state index in [2.05, 4.69) is 47.6 Å². The Bertz CT molecular complexity index is 918. The first-order chi connectivity index (χ1) is 19.4. The maximum Gasteiger partial charge on any atom is 0.186 e. The molecule has 1 saturated heterocycles. The number of aliphatic hydroxyl groups excluding tert-OH is 4. The van der Waals surface area contributed by atoms with Crippen molar-refractivity contribution in [3.8, 4) is 0 Å². The van der Waals surface area contributed by atoms with Crippen LogP contribution in [-0.2, 0) is 9.47 Å². The molecule has 5 rings (SSSR count). The Kier molecular flexibility index (Phi) is 9.71. The fourth-order valence-corrected chi connectivity index (χ4v) is 10.8. The zero-order valence-electron chi connectivity index (χ0n) is 26.7. The summed E-state index contributed by atoms with van der Waals surface area (Å²) in [5.74, 6) is 5.66. The van der Waals surface area contributed by atoms with Crippen molar-refractivity contribution in [3.63, 3.8) is 0 Å². The molecule has 5 aliphatic rings. The first-order valence-electron chi connectivity index (χ1n) is 17.1. The Morgan fingerprint density at radius 2 is 1.71 bits per heavy atom. The van der Waals surface area contributed by atoms with Gasteiger partial charge in [-0.2, -0.15) is 0 Å². The van der Waals surface area contributed by atoms with Crippen LogP contribution in [0, 0.1) is 52.3 Å². The predicted molar refractivity (Wildman–Crippen MR) is 161 cm³/mol. The lowest BCUT2D eigenvalue weighted by Gasteiger charge is -2.58. The maximum absolute atomic E-state index is 10.5. The largest absolute Gasteiger partial charge is 0.394 e. The summed E-state index contributed by atoms with van der Waals surface area (Å²) in [7, 11) is 0. The Morgan fingerprint density at radius 3 is 2.39 bits per heavy atom. The first-order valence-corrected chi connectivity index (χ1v) is 17.1. The highest BCUT2D eigenvalue weighted by Gasteiger charge is 2.59. The van der Waals surface area contributed by atoms with Crippen molar-refractivity contribution in [1.82, 2.24) is 0 Å². The molecule has 14 atom stereocenters. The molecule has 236 valence electrons. The number of hydrogen-bond donors (Lipinski definition) is 4. The summed E-state index contributed by atoms with van der Waals surface area (Å²) < 4.78 is 11.9. The molecule has 4 aliphatic carbocycles. The molecule has 4 fully saturated rings. The van der Waals surface area contributed by atoms with E-state index in [0.717, 1.165) is 60.7 Å². The van der Waals surface area contributed by atoms with E-state index < -0.39 is 37.3 Å². The third kappa shape index (κ3) is 5.73. The lowest BCUT2D eigenvalue weighted by molar-refractivity contribution is -0.313. The van der Waals surface area contributed by atoms with Gasteiger partial charge in [0.25, 0.3) is 0 Å². The van der Waals surface area contributed by atoms with E-state index in [-0.39, 0.29) is 11.5 Å². The summed E-state index contributed by atoms with van der Waals surface area (Å²) >= 11 is 0. The van der Waals surface area contributed by atoms with Crippen LogP contribution in [0.1, 0.15) is 112 Å². The van der Waals surface area contributed by atoms with E-state index in [1.165, 1.54) is 56.9 Å². The van der Waals surface area contributed by atoms with Crippen molar-refractivity contribution < 1.29 is 29.9 Å². The molecule has 0 bridgehead atoms. The smallest absolute Gasteiger partial charge is 0.186 e. The molecule has 0 aromatic rings. The van der Waals surface area contributed by atoms with Crippen LogP contribution in [0.2, 0.25) is 0 Å². The molecule has 41 heavy (non-hydrogen) atoms. The second-order valence-corrected chi connectivity index (χ2v) is 15.7. The number of ether oxygens (including phenoxy) is 2. The molecule has 1 heterocycles. The SMILES string of the molecule is CC[C@H](CC[C@@H](C)[C@H]1CCC2[C@@H]3CC=C4C[C@@H](O[C@@H]5O[C@H](CO)[C@@H](O)[C@H](O)[C@H]5O)CC[C@]4(C)C3CC[C@@]21C)C(C)C. The molecule has 0 aromatic heterocycles. The van der Waals surface area contributed by atoms with Crippen LogP contribution >= 0.6 is 0 Å². The minimum Gasteiger partial charge on any atom is -0.394 e. The predicted octanol–water partition coefficient (Wildman–Crippen LogP) is 5.85. The molecule has 1 aliphatic heterocycles. The minimum atomic E-state index is -1.40. The van der Waals surface area contributed by atoms with Crippen LogP contribution in [-0.4, -0.2) is 63.8 Å². The number of hydrogen-bond acceptors (Lipinski definition) is 6. The van der Waals surface area contributed by atoms with Crippen LogP contribution in [0.5, 0.6) is 0 Å². The van der Waals surface area contributed by atoms with Gasteiger partial charge < -0.3 is 29.9 Å². The molecular weight excluding hydrogens is 516 g/mol. The van der Waals surface area contributed by atoms with Gasteiger partial charge in [0.1, 0.15) is 24.4 Å². The van der Waals surface area contributed by atoms with Crippen molar-refractivity contribution >= 4 is 0 Å². The van der Waals surface area contributed by atoms with Gasteiger partial charge in [-0.3, -0.25) is 0 Å². The summed E-state index contributed by atoms with van der Waals surface area (Å²) in [5, 5.41) is 40.4. The quantitative estimate of drug-likeness (QED) is 0.257. The van der Waals surface area contributed by atoms with Gasteiger partial charge in [-0.15, -0.1) is 0 Å². The van der Waals surface area contributed by atoms with Crippen LogP contribution in [0.15, 0.2) is 11.6 Å². The van der Waals surface area contributed by atoms with Gasteiger partial charge in [0, 0.05) is 0 Å². The van der Waals surface area contributed by atoms with E-state index in [9.17, 15) is 20.4 Å². The molecule has 0 spiro atoms. The summed E-state index contributed by atoms with van der Waals surface area (Å²) in [6, 6.07) is 0. The van der Waals surface area contributed by atoms with Gasteiger partial charge in [-0.1, -0.05) is 66.0 Å². The molecule has 3 saturated carbocycles. The fourth-order valence-electron chi connectivity index (χ4n) is 10.8. The van der Waals surface area contributed by atoms with E-state index in [4.69, 9.17) is 9.47 Å². The third-order valence-corrected chi connectivity index (χ3v) is 13.5. The van der Waals surface area contributed by atoms with Crippen molar-refractivity contribution in [2.45, 2.75) is 149 Å². The van der Waals surface area contributed by atoms with Gasteiger partial charge in [-0.05, 0) is 110 Å². The molecular formula is C35H60O6. The lowest BCUT2D eigenvalue weighted by Crippen LogP contribution is -2.60. The third-order valence-electron chi connectivity index (χ3n) is 13.5. The standard InChI is InChI=1S/C35H60O6/c1-7-22(20(2)3)9-8-21(4)26-12-13-27-25-11-10-23-18-24(14-16-34(23,5)28(25)15-17-35(26,27)6)40-33-32(39)31(38)30(37)29(19-36)41-33/h10,20-22,24-33,36-39H,7-9,11-19H2,1-6H3/t21-,22-,24+,25+,26-,27?,28?,29-,30-,31+,32-,33-,34+,35-/m1/s1. The molecule has 0 aromatic carbocycles. The van der Waals surface area contributed by atoms with Crippen LogP contribution < -0.4 is 0 Å². The second kappa shape index (κ2) is 12.5. The van der Waals surface area contributed by atoms with Crippen LogP contribution in [0.3, 0.4) is 0 Å². The molecule has 6 heteroatoms. The van der Waals surface area contributed by atoms with Gasteiger partial charge >= 0.3 is 0 Å². The van der Waals surface area contributed by atoms with Crippen LogP contribution in [0.4, 0.5) is 0 Å². The highest BCUT2D eigenvalue weighted by molar-refractivity contribution is 5.25. The first kappa shape index (κ1) is 31.9. The number of fused-ring (bicyclic) bond motifs is 5. The molecule has 2 unspecified atom stereocenters. The summed E-state index contributed by atoms with van der Waals surface area (Å²) in [5.41, 5.74) is 2.19. The Balaban J connectivity index is 1.24. The van der Waals surface area contributed by atoms with Gasteiger partial charge in [-0.25, -0.2) is 0 Å². The van der Waals surface area contributed by atoms with Crippen molar-refractivity contribution in [2.24, 2.45) is 52.3 Å². The number of aliphatic hydroxyl groups is 4. The Hall–Kier alpha value is -0.500. The average Bonchev–Trinajstić information content (AvgIpc) is 3.30. The van der Waals surface area contributed by atoms with Gasteiger partial charge in [0.2, 0.25) is 0 Å². The van der Waals surface area contributed by atoms with Gasteiger partial charge in [0.15, 0.2) is 6.29 Å². The second-order valence-electron chi connectivity index (χ2n) is 15.7. The zero-order chi connectivity index (χ0) is 29.7. The van der Waals surface area contributed by atoms with Gasteiger partial charge in [0.05, 0.1) is 12.7 Å². The summed E-state index contributed by atoms with van der Waals surface area (Å²) in [6.07, 6.45) is 9.92. The number of allylic oxidation sites excluding steroid dienone is 1. The zero-order valence-corrected chi connectivity index (χ0v) is 26.7. The molecule has 6 nitrogen and oxygen atoms in total. The summed E-state index contributed by atoms with van der Waals surface area (Å²) in [4.78, 5) is 0. The lowest BCUT2D eigenvalue weighted by atomic mass is 9.47. The van der Waals surface area contributed by atoms with E-state index in [0.29, 0.717) is 5.41 Å². The molecule has 4 N–H and O–H groups in total. The van der Waals surface area contributed by atoms with E-state index in [1.807, 2.05) is 0 Å². The number of rotatable bonds is 9. The highest BCUT2D eigenvalue weighted by Crippen LogP contribution is 2.67. The highest BCUT2D eigenvalue weighted by atomic mass is 16.7. The topological polar surface area (TPSA) is 99.4 Å². The van der Waals surface area contributed by atoms with E-state index >= 15 is 0 Å². The Labute approximate surface area is 249 Å². The summed E-state index contributed by atoms with van der Waals surface area (Å²) in [6.45, 7) is 14.5. The van der Waals surface area contributed by atoms with Crippen molar-refractivity contribution in [1.29, 1.82) is 0 Å². The van der Waals surface area contributed by atoms with Crippen molar-refractivity contribution in [2.75, 3.05) is 6.61 Å². The Morgan fingerprint density at radius 1 is 0.951 bits per heavy atom. The average molecular weight is 577 g/mol. The minimum absolute atomic E-state index is 0.101. The molecule has 0 radical (unpaired) electrons. The van der Waals surface area contributed by atoms with Crippen LogP contribution in [0.25, 0.3) is 0 Å². The van der Waals surface area contributed by atoms with E-state index in [1.54, 1.807) is 0 Å². The maximum atomic E-state index is 10.5. The van der Waals surface area contributed by atoms with Crippen molar-refractivity contribution in [3.05, 3.63) is 11.6 Å². The molecule has 0 amide bonds. The monoisotopic (exact) mass is 576 g/mol. The fraction of sp³-hybridized carbons (Fsp3) is 0.943. The normalized spacial score (nSPS) is 47.7.